The highest BCUT2D eigenvalue weighted by molar-refractivity contribution is 5.93. The molecule has 1 rings (SSSR count). The van der Waals surface area contributed by atoms with Gasteiger partial charge in [-0.1, -0.05) is 0 Å². The van der Waals surface area contributed by atoms with Crippen LogP contribution in [0.3, 0.4) is 0 Å². The molecule has 5 heteroatoms. The van der Waals surface area contributed by atoms with Crippen molar-refractivity contribution in [3.63, 3.8) is 0 Å². The number of ether oxygens (including phenoxy) is 2. The van der Waals surface area contributed by atoms with Crippen molar-refractivity contribution in [1.82, 2.24) is 0 Å². The molecule has 0 aliphatic carbocycles. The van der Waals surface area contributed by atoms with Crippen LogP contribution in [0.1, 0.15) is 48.4 Å². The summed E-state index contributed by atoms with van der Waals surface area (Å²) in [6, 6.07) is 6.23. The first-order chi connectivity index (χ1) is 8.40. The molecular weight excluding hydrogens is 256 g/mol. The van der Waals surface area contributed by atoms with Crippen LogP contribution in [0.5, 0.6) is 0 Å². The summed E-state index contributed by atoms with van der Waals surface area (Å²) in [5.41, 5.74) is 0.842. The molecule has 1 aromatic rings. The highest BCUT2D eigenvalue weighted by Gasteiger charge is 2.12. The van der Waals surface area contributed by atoms with Gasteiger partial charge < -0.3 is 9.47 Å². The van der Waals surface area contributed by atoms with Crippen LogP contribution in [0.2, 0.25) is 0 Å². The molecule has 0 atom stereocenters. The summed E-state index contributed by atoms with van der Waals surface area (Å²) >= 11 is 0. The van der Waals surface area contributed by atoms with Gasteiger partial charge in [0.05, 0.1) is 23.3 Å². The lowest BCUT2D eigenvalue weighted by molar-refractivity contribution is 0.0361. The normalized spacial score (nSPS) is 10.0. The summed E-state index contributed by atoms with van der Waals surface area (Å²) in [7, 11) is 0. The Labute approximate surface area is 129 Å². The van der Waals surface area contributed by atoms with Gasteiger partial charge in [-0.05, 0) is 52.0 Å². The van der Waals surface area contributed by atoms with Crippen LogP contribution < -0.4 is 0 Å². The lowest BCUT2D eigenvalue weighted by atomic mass is 10.1. The first-order valence-electron chi connectivity index (χ1n) is 5.92. The van der Waals surface area contributed by atoms with Gasteiger partial charge >= 0.3 is 35.0 Å². The molecule has 1 aromatic carbocycles. The number of carbonyl (C=O) groups excluding carboxylic acids is 2. The van der Waals surface area contributed by atoms with Crippen LogP contribution in [-0.4, -0.2) is 47.2 Å². The standard InChI is InChI=1S/C14H18O4.Mg.2H/c1-9(2)17-13(15)11-5-7-12(8-6-11)14(16)18-10(3)4;;;/h5-10H,1-4H3;;;. The van der Waals surface area contributed by atoms with E-state index in [4.69, 9.17) is 9.47 Å². The van der Waals surface area contributed by atoms with Crippen LogP contribution in [-0.2, 0) is 9.47 Å². The molecule has 0 aliphatic rings. The van der Waals surface area contributed by atoms with Gasteiger partial charge in [-0.2, -0.15) is 0 Å². The molecular formula is C14H20MgO4. The Balaban J connectivity index is 0.00000324. The fourth-order valence-corrected chi connectivity index (χ4v) is 1.31. The molecule has 0 heterocycles. The van der Waals surface area contributed by atoms with Gasteiger partial charge in [-0.15, -0.1) is 0 Å². The summed E-state index contributed by atoms with van der Waals surface area (Å²) in [5.74, 6) is -0.789. The molecule has 0 fully saturated rings. The largest absolute Gasteiger partial charge is 0.459 e. The number of esters is 2. The third kappa shape index (κ3) is 6.07. The predicted octanol–water partition coefficient (Wildman–Crippen LogP) is 1.90. The number of carbonyl (C=O) groups is 2. The summed E-state index contributed by atoms with van der Waals surface area (Å²) in [6.07, 6.45) is -0.328. The summed E-state index contributed by atoms with van der Waals surface area (Å²) in [4.78, 5) is 23.2. The average molecular weight is 277 g/mol. The zero-order valence-corrected chi connectivity index (χ0v) is 11.1. The van der Waals surface area contributed by atoms with Crippen molar-refractivity contribution in [2.75, 3.05) is 0 Å². The quantitative estimate of drug-likeness (QED) is 0.623. The van der Waals surface area contributed by atoms with E-state index >= 15 is 0 Å². The molecule has 0 N–H and O–H groups in total. The van der Waals surface area contributed by atoms with Gasteiger partial charge in [0.1, 0.15) is 0 Å². The van der Waals surface area contributed by atoms with Gasteiger partial charge in [0.25, 0.3) is 0 Å². The molecule has 19 heavy (non-hydrogen) atoms. The van der Waals surface area contributed by atoms with Gasteiger partial charge in [0.2, 0.25) is 0 Å². The highest BCUT2D eigenvalue weighted by atomic mass is 24.3. The van der Waals surface area contributed by atoms with E-state index in [1.165, 1.54) is 0 Å². The van der Waals surface area contributed by atoms with Crippen LogP contribution in [0.4, 0.5) is 0 Å². The Hall–Kier alpha value is -1.07. The molecule has 102 valence electrons. The van der Waals surface area contributed by atoms with Crippen LogP contribution in [0.25, 0.3) is 0 Å². The third-order valence-electron chi connectivity index (χ3n) is 2.04. The molecule has 0 spiro atoms. The maximum absolute atomic E-state index is 11.6. The molecule has 0 bridgehead atoms. The predicted molar refractivity (Wildman–Crippen MR) is 76.1 cm³/mol. The topological polar surface area (TPSA) is 52.6 Å². The fourth-order valence-electron chi connectivity index (χ4n) is 1.31. The molecule has 0 aromatic heterocycles. The van der Waals surface area contributed by atoms with E-state index in [0.717, 1.165) is 0 Å². The Morgan fingerprint density at radius 3 is 1.26 bits per heavy atom. The van der Waals surface area contributed by atoms with E-state index in [1.807, 2.05) is 0 Å². The maximum atomic E-state index is 11.6. The molecule has 0 saturated heterocycles. The molecule has 0 saturated carbocycles. The first kappa shape index (κ1) is 17.9. The van der Waals surface area contributed by atoms with Gasteiger partial charge in [-0.25, -0.2) is 9.59 Å². The van der Waals surface area contributed by atoms with Gasteiger partial charge in [-0.3, -0.25) is 0 Å². The Morgan fingerprint density at radius 2 is 1.05 bits per heavy atom. The zero-order chi connectivity index (χ0) is 13.7. The van der Waals surface area contributed by atoms with Crippen molar-refractivity contribution in [1.29, 1.82) is 0 Å². The van der Waals surface area contributed by atoms with Crippen LogP contribution in [0.15, 0.2) is 24.3 Å². The minimum Gasteiger partial charge on any atom is -0.459 e. The van der Waals surface area contributed by atoms with E-state index in [2.05, 4.69) is 0 Å². The number of benzene rings is 1. The second kappa shape index (κ2) is 8.17. The van der Waals surface area contributed by atoms with E-state index in [1.54, 1.807) is 52.0 Å². The van der Waals surface area contributed by atoms with Gasteiger partial charge in [0.15, 0.2) is 0 Å². The highest BCUT2D eigenvalue weighted by Crippen LogP contribution is 2.09. The molecule has 4 nitrogen and oxygen atoms in total. The van der Waals surface area contributed by atoms with Crippen LogP contribution >= 0.6 is 0 Å². The van der Waals surface area contributed by atoms with Crippen molar-refractivity contribution in [2.24, 2.45) is 0 Å². The van der Waals surface area contributed by atoms with Crippen molar-refractivity contribution >= 4 is 35.0 Å². The number of hydrogen-bond acceptors (Lipinski definition) is 4. The molecule has 0 unspecified atom stereocenters. The fraction of sp³-hybridized carbons (Fsp3) is 0.429. The SMILES string of the molecule is CC(C)OC(=O)c1ccc(C(=O)OC(C)C)cc1.[MgH2]. The van der Waals surface area contributed by atoms with E-state index in [-0.39, 0.29) is 35.3 Å². The van der Waals surface area contributed by atoms with Crippen molar-refractivity contribution < 1.29 is 19.1 Å². The lowest BCUT2D eigenvalue weighted by Crippen LogP contribution is -2.13. The number of hydrogen-bond donors (Lipinski definition) is 0. The first-order valence-corrected chi connectivity index (χ1v) is 5.92. The van der Waals surface area contributed by atoms with E-state index in [0.29, 0.717) is 11.1 Å². The summed E-state index contributed by atoms with van der Waals surface area (Å²) in [5, 5.41) is 0. The lowest BCUT2D eigenvalue weighted by Gasteiger charge is -2.09. The minimum absolute atomic E-state index is 0. The Morgan fingerprint density at radius 1 is 0.789 bits per heavy atom. The summed E-state index contributed by atoms with van der Waals surface area (Å²) < 4.78 is 10.1. The Kier molecular flexibility index (Phi) is 7.71. The third-order valence-corrected chi connectivity index (χ3v) is 2.04. The molecule has 0 aliphatic heterocycles. The Bertz CT molecular complexity index is 383. The van der Waals surface area contributed by atoms with E-state index in [9.17, 15) is 9.59 Å². The monoisotopic (exact) mass is 276 g/mol. The second-order valence-electron chi connectivity index (χ2n) is 4.49. The van der Waals surface area contributed by atoms with Crippen molar-refractivity contribution in [2.45, 2.75) is 39.9 Å². The molecule has 0 amide bonds. The van der Waals surface area contributed by atoms with Gasteiger partial charge in [0, 0.05) is 0 Å². The van der Waals surface area contributed by atoms with Crippen molar-refractivity contribution in [3.8, 4) is 0 Å². The summed E-state index contributed by atoms with van der Waals surface area (Å²) in [6.45, 7) is 7.14. The second-order valence-corrected chi connectivity index (χ2v) is 4.49. The average Bonchev–Trinajstić information content (AvgIpc) is 2.27. The van der Waals surface area contributed by atoms with E-state index < -0.39 is 11.9 Å². The zero-order valence-electron chi connectivity index (χ0n) is 11.1. The smallest absolute Gasteiger partial charge is 0.338 e. The minimum atomic E-state index is -0.395. The van der Waals surface area contributed by atoms with Crippen molar-refractivity contribution in [3.05, 3.63) is 35.4 Å². The maximum Gasteiger partial charge on any atom is 0.338 e. The van der Waals surface area contributed by atoms with Crippen LogP contribution in [0, 0.1) is 0 Å². The number of rotatable bonds is 4. The molecule has 0 radical (unpaired) electrons.